The van der Waals surface area contributed by atoms with Crippen LogP contribution in [0.15, 0.2) is 11.6 Å². The molecule has 0 unspecified atom stereocenters. The van der Waals surface area contributed by atoms with Gasteiger partial charge < -0.3 is 4.74 Å². The van der Waals surface area contributed by atoms with Gasteiger partial charge in [-0.2, -0.15) is 0 Å². The summed E-state index contributed by atoms with van der Waals surface area (Å²) in [7, 11) is 0. The molecule has 0 aromatic rings. The van der Waals surface area contributed by atoms with E-state index in [4.69, 9.17) is 4.74 Å². The Balaban J connectivity index is 4.15. The third kappa shape index (κ3) is 20.4. The first-order valence-corrected chi connectivity index (χ1v) is 13.3. The number of unbranched alkanes of at least 4 members (excludes halogenated alkanes) is 13. The summed E-state index contributed by atoms with van der Waals surface area (Å²) < 4.78 is 5.44. The number of alkyl halides is 1. The van der Waals surface area contributed by atoms with Crippen molar-refractivity contribution in [3.8, 4) is 0 Å². The third-order valence-corrected chi connectivity index (χ3v) is 5.86. The molecular weight excluding hydrogens is 412 g/mol. The molecular formula is C25H47BrO2. The molecule has 0 atom stereocenters. The van der Waals surface area contributed by atoms with Crippen LogP contribution in [0.25, 0.3) is 0 Å². The Morgan fingerprint density at radius 2 is 1.14 bits per heavy atom. The maximum Gasteiger partial charge on any atom is 0.330 e. The van der Waals surface area contributed by atoms with E-state index in [0.717, 1.165) is 31.0 Å². The first-order valence-electron chi connectivity index (χ1n) is 12.2. The topological polar surface area (TPSA) is 26.3 Å². The van der Waals surface area contributed by atoms with E-state index in [9.17, 15) is 4.79 Å². The van der Waals surface area contributed by atoms with Crippen LogP contribution >= 0.6 is 15.9 Å². The Morgan fingerprint density at radius 1 is 0.679 bits per heavy atom. The fourth-order valence-electron chi connectivity index (χ4n) is 3.47. The van der Waals surface area contributed by atoms with Crippen LogP contribution in [0.1, 0.15) is 129 Å². The average molecular weight is 460 g/mol. The van der Waals surface area contributed by atoms with Crippen molar-refractivity contribution in [3.05, 3.63) is 11.6 Å². The molecule has 0 N–H and O–H groups in total. The number of allylic oxidation sites excluding steroid dienone is 1. The van der Waals surface area contributed by atoms with Crippen molar-refractivity contribution in [2.75, 3.05) is 11.9 Å². The van der Waals surface area contributed by atoms with Gasteiger partial charge in [0.05, 0.1) is 6.61 Å². The van der Waals surface area contributed by atoms with Gasteiger partial charge in [0, 0.05) is 11.4 Å². The van der Waals surface area contributed by atoms with Crippen LogP contribution in [-0.2, 0) is 9.53 Å². The Morgan fingerprint density at radius 3 is 1.68 bits per heavy atom. The lowest BCUT2D eigenvalue weighted by Gasteiger charge is -2.09. The smallest absolute Gasteiger partial charge is 0.330 e. The molecule has 0 radical (unpaired) electrons. The molecule has 0 rings (SSSR count). The summed E-state index contributed by atoms with van der Waals surface area (Å²) in [5.41, 5.74) is 1.32. The number of carbonyl (C=O) groups is 1. The molecule has 0 heterocycles. The number of rotatable bonds is 21. The minimum atomic E-state index is -0.118. The van der Waals surface area contributed by atoms with Crippen LogP contribution in [0.5, 0.6) is 0 Å². The molecule has 0 fully saturated rings. The Bertz CT molecular complexity index is 348. The second kappa shape index (κ2) is 23.0. The van der Waals surface area contributed by atoms with E-state index in [1.54, 1.807) is 0 Å². The van der Waals surface area contributed by atoms with Gasteiger partial charge in [-0.3, -0.25) is 0 Å². The lowest BCUT2D eigenvalue weighted by Crippen LogP contribution is -2.04. The van der Waals surface area contributed by atoms with Crippen molar-refractivity contribution in [2.45, 2.75) is 129 Å². The Hall–Kier alpha value is -0.310. The summed E-state index contributed by atoms with van der Waals surface area (Å²) in [4.78, 5) is 12.2. The summed E-state index contributed by atoms with van der Waals surface area (Å²) in [5, 5.41) is 1.07. The van der Waals surface area contributed by atoms with Gasteiger partial charge in [0.15, 0.2) is 0 Å². The molecule has 0 bridgehead atoms. The van der Waals surface area contributed by atoms with Crippen LogP contribution in [0.4, 0.5) is 0 Å². The zero-order chi connectivity index (χ0) is 20.7. The first kappa shape index (κ1) is 27.7. The van der Waals surface area contributed by atoms with E-state index in [0.29, 0.717) is 6.61 Å². The van der Waals surface area contributed by atoms with E-state index >= 15 is 0 Å². The average Bonchev–Trinajstić information content (AvgIpc) is 2.69. The highest BCUT2D eigenvalue weighted by atomic mass is 79.9. The molecule has 0 spiro atoms. The number of ether oxygens (including phenoxy) is 1. The molecule has 0 aliphatic carbocycles. The molecule has 0 aliphatic rings. The molecule has 28 heavy (non-hydrogen) atoms. The SMILES string of the molecule is CCCCCCCCC(=CC(=O)OCCCCCCBr)CCCCCCCC. The van der Waals surface area contributed by atoms with Gasteiger partial charge in [0.25, 0.3) is 0 Å². The predicted molar refractivity (Wildman–Crippen MR) is 127 cm³/mol. The summed E-state index contributed by atoms with van der Waals surface area (Å²) in [6, 6.07) is 0. The first-order chi connectivity index (χ1) is 13.7. The molecule has 166 valence electrons. The van der Waals surface area contributed by atoms with Gasteiger partial charge >= 0.3 is 5.97 Å². The van der Waals surface area contributed by atoms with Crippen LogP contribution in [0.3, 0.4) is 0 Å². The summed E-state index contributed by atoms with van der Waals surface area (Å²) in [6.07, 6.45) is 24.2. The highest BCUT2D eigenvalue weighted by Crippen LogP contribution is 2.19. The predicted octanol–water partition coefficient (Wildman–Crippen LogP) is 8.91. The number of carbonyl (C=O) groups excluding carboxylic acids is 1. The highest BCUT2D eigenvalue weighted by molar-refractivity contribution is 9.09. The fraction of sp³-hybridized carbons (Fsp3) is 0.880. The maximum absolute atomic E-state index is 12.2. The van der Waals surface area contributed by atoms with Gasteiger partial charge in [-0.1, -0.05) is 112 Å². The zero-order valence-corrected chi connectivity index (χ0v) is 20.5. The molecule has 2 nitrogen and oxygen atoms in total. The molecule has 0 saturated heterocycles. The Kier molecular flexibility index (Phi) is 22.7. The zero-order valence-electron chi connectivity index (χ0n) is 18.9. The summed E-state index contributed by atoms with van der Waals surface area (Å²) in [6.45, 7) is 5.09. The van der Waals surface area contributed by atoms with Crippen LogP contribution in [-0.4, -0.2) is 17.9 Å². The van der Waals surface area contributed by atoms with Crippen LogP contribution < -0.4 is 0 Å². The minimum absolute atomic E-state index is 0.118. The number of halogens is 1. The fourth-order valence-corrected chi connectivity index (χ4v) is 3.86. The molecule has 0 saturated carbocycles. The van der Waals surface area contributed by atoms with Crippen molar-refractivity contribution in [1.29, 1.82) is 0 Å². The monoisotopic (exact) mass is 458 g/mol. The molecule has 3 heteroatoms. The van der Waals surface area contributed by atoms with Crippen molar-refractivity contribution in [1.82, 2.24) is 0 Å². The number of hydrogen-bond donors (Lipinski definition) is 0. The van der Waals surface area contributed by atoms with Crippen molar-refractivity contribution < 1.29 is 9.53 Å². The Labute approximate surface area is 184 Å². The van der Waals surface area contributed by atoms with Crippen molar-refractivity contribution in [3.63, 3.8) is 0 Å². The molecule has 0 amide bonds. The molecule has 0 aliphatic heterocycles. The second-order valence-electron chi connectivity index (χ2n) is 8.11. The normalized spacial score (nSPS) is 10.8. The number of esters is 1. The van der Waals surface area contributed by atoms with E-state index in [2.05, 4.69) is 29.8 Å². The van der Waals surface area contributed by atoms with Crippen molar-refractivity contribution >= 4 is 21.9 Å². The summed E-state index contributed by atoms with van der Waals surface area (Å²) in [5.74, 6) is -0.118. The van der Waals surface area contributed by atoms with Gasteiger partial charge in [-0.15, -0.1) is 0 Å². The quantitative estimate of drug-likeness (QED) is 0.0741. The lowest BCUT2D eigenvalue weighted by atomic mass is 9.99. The number of hydrogen-bond acceptors (Lipinski definition) is 2. The van der Waals surface area contributed by atoms with Gasteiger partial charge in [-0.05, 0) is 38.5 Å². The lowest BCUT2D eigenvalue weighted by molar-refractivity contribution is -0.137. The molecule has 0 aromatic carbocycles. The minimum Gasteiger partial charge on any atom is -0.463 e. The van der Waals surface area contributed by atoms with Gasteiger partial charge in [-0.25, -0.2) is 4.79 Å². The largest absolute Gasteiger partial charge is 0.463 e. The van der Waals surface area contributed by atoms with Crippen LogP contribution in [0, 0.1) is 0 Å². The van der Waals surface area contributed by atoms with E-state index in [1.807, 2.05) is 6.08 Å². The van der Waals surface area contributed by atoms with Gasteiger partial charge in [0.2, 0.25) is 0 Å². The summed E-state index contributed by atoms with van der Waals surface area (Å²) >= 11 is 3.45. The standard InChI is InChI=1S/C25H47BrO2/c1-3-5-7-9-11-15-19-24(20-16-12-10-8-6-4-2)23-25(27)28-22-18-14-13-17-21-26/h23H,3-22H2,1-2H3. The van der Waals surface area contributed by atoms with Crippen LogP contribution in [0.2, 0.25) is 0 Å². The van der Waals surface area contributed by atoms with E-state index in [1.165, 1.54) is 95.5 Å². The molecule has 0 aromatic heterocycles. The van der Waals surface area contributed by atoms with E-state index < -0.39 is 0 Å². The third-order valence-electron chi connectivity index (χ3n) is 5.30. The maximum atomic E-state index is 12.2. The van der Waals surface area contributed by atoms with E-state index in [-0.39, 0.29) is 5.97 Å². The van der Waals surface area contributed by atoms with Crippen molar-refractivity contribution in [2.24, 2.45) is 0 Å². The highest BCUT2D eigenvalue weighted by Gasteiger charge is 2.05. The second-order valence-corrected chi connectivity index (χ2v) is 8.90. The van der Waals surface area contributed by atoms with Gasteiger partial charge in [0.1, 0.15) is 0 Å².